The van der Waals surface area contributed by atoms with E-state index in [1.807, 2.05) is 19.2 Å². The average molecular weight is 168 g/mol. The summed E-state index contributed by atoms with van der Waals surface area (Å²) in [6.07, 6.45) is 0. The SMILES string of the molecule is C[NH2+]Cc1ccc(O)c(OC)c1. The number of phenols is 1. The fourth-order valence-electron chi connectivity index (χ4n) is 1.08. The lowest BCUT2D eigenvalue weighted by Crippen LogP contribution is -2.77. The maximum absolute atomic E-state index is 9.27. The van der Waals surface area contributed by atoms with E-state index in [0.29, 0.717) is 5.75 Å². The summed E-state index contributed by atoms with van der Waals surface area (Å²) >= 11 is 0. The number of nitrogens with two attached hydrogens (primary N) is 1. The summed E-state index contributed by atoms with van der Waals surface area (Å²) in [5, 5.41) is 11.3. The van der Waals surface area contributed by atoms with Crippen LogP contribution < -0.4 is 10.1 Å². The zero-order chi connectivity index (χ0) is 8.97. The molecule has 1 aromatic carbocycles. The molecule has 0 bridgehead atoms. The highest BCUT2D eigenvalue weighted by Gasteiger charge is 2.02. The summed E-state index contributed by atoms with van der Waals surface area (Å²) < 4.78 is 4.97. The smallest absolute Gasteiger partial charge is 0.160 e. The van der Waals surface area contributed by atoms with Crippen LogP contribution in [0.1, 0.15) is 5.56 Å². The quantitative estimate of drug-likeness (QED) is 0.672. The second kappa shape index (κ2) is 3.97. The Morgan fingerprint density at radius 2 is 2.25 bits per heavy atom. The van der Waals surface area contributed by atoms with Crippen LogP contribution in [0.3, 0.4) is 0 Å². The molecule has 0 heterocycles. The van der Waals surface area contributed by atoms with Crippen LogP contribution in [0, 0.1) is 0 Å². The lowest BCUT2D eigenvalue weighted by Gasteiger charge is -2.04. The monoisotopic (exact) mass is 168 g/mol. The minimum atomic E-state index is 0.192. The van der Waals surface area contributed by atoms with Gasteiger partial charge in [0.25, 0.3) is 0 Å². The molecule has 0 aromatic heterocycles. The minimum Gasteiger partial charge on any atom is -0.504 e. The molecule has 12 heavy (non-hydrogen) atoms. The van der Waals surface area contributed by atoms with Gasteiger partial charge in [-0.2, -0.15) is 0 Å². The normalized spacial score (nSPS) is 9.83. The summed E-state index contributed by atoms with van der Waals surface area (Å²) in [4.78, 5) is 0. The Bertz CT molecular complexity index is 261. The van der Waals surface area contributed by atoms with Crippen LogP contribution in [-0.4, -0.2) is 19.3 Å². The molecule has 0 spiro atoms. The van der Waals surface area contributed by atoms with Crippen LogP contribution in [0.15, 0.2) is 18.2 Å². The number of methoxy groups -OCH3 is 1. The van der Waals surface area contributed by atoms with Crippen molar-refractivity contribution < 1.29 is 15.2 Å². The molecule has 66 valence electrons. The van der Waals surface area contributed by atoms with E-state index < -0.39 is 0 Å². The number of rotatable bonds is 3. The number of aromatic hydroxyl groups is 1. The Balaban J connectivity index is 2.89. The summed E-state index contributed by atoms with van der Waals surface area (Å²) in [5.41, 5.74) is 1.15. The van der Waals surface area contributed by atoms with E-state index in [1.54, 1.807) is 13.2 Å². The van der Waals surface area contributed by atoms with Crippen LogP contribution in [0.25, 0.3) is 0 Å². The Labute approximate surface area is 72.0 Å². The predicted molar refractivity (Wildman–Crippen MR) is 46.2 cm³/mol. The van der Waals surface area contributed by atoms with E-state index in [1.165, 1.54) is 0 Å². The van der Waals surface area contributed by atoms with E-state index in [4.69, 9.17) is 4.74 Å². The zero-order valence-electron chi connectivity index (χ0n) is 7.37. The fraction of sp³-hybridized carbons (Fsp3) is 0.333. The van der Waals surface area contributed by atoms with E-state index in [9.17, 15) is 5.11 Å². The summed E-state index contributed by atoms with van der Waals surface area (Å²) in [5.74, 6) is 0.728. The Kier molecular flexibility index (Phi) is 2.94. The fourth-order valence-corrected chi connectivity index (χ4v) is 1.08. The molecule has 0 unspecified atom stereocenters. The van der Waals surface area contributed by atoms with Gasteiger partial charge in [0.1, 0.15) is 6.54 Å². The first-order valence-corrected chi connectivity index (χ1v) is 3.91. The summed E-state index contributed by atoms with van der Waals surface area (Å²) in [6, 6.07) is 5.38. The lowest BCUT2D eigenvalue weighted by molar-refractivity contribution is -0.643. The maximum Gasteiger partial charge on any atom is 0.160 e. The molecule has 3 N–H and O–H groups in total. The number of phenolic OH excluding ortho intramolecular Hbond substituents is 1. The van der Waals surface area contributed by atoms with E-state index in [2.05, 4.69) is 5.32 Å². The van der Waals surface area contributed by atoms with Gasteiger partial charge in [0.05, 0.1) is 14.2 Å². The van der Waals surface area contributed by atoms with Crippen LogP contribution in [-0.2, 0) is 6.54 Å². The second-order valence-corrected chi connectivity index (χ2v) is 2.62. The molecule has 1 aromatic rings. The van der Waals surface area contributed by atoms with Crippen LogP contribution in [0.2, 0.25) is 0 Å². The molecular formula is C9H14NO2+. The van der Waals surface area contributed by atoms with Gasteiger partial charge in [0.15, 0.2) is 11.5 Å². The minimum absolute atomic E-state index is 0.192. The van der Waals surface area contributed by atoms with Crippen LogP contribution in [0.5, 0.6) is 11.5 Å². The van der Waals surface area contributed by atoms with Crippen LogP contribution >= 0.6 is 0 Å². The van der Waals surface area contributed by atoms with Crippen molar-refractivity contribution in [3.8, 4) is 11.5 Å². The molecule has 0 saturated heterocycles. The highest BCUT2D eigenvalue weighted by molar-refractivity contribution is 5.41. The molecular weight excluding hydrogens is 154 g/mol. The number of hydrogen-bond donors (Lipinski definition) is 2. The Morgan fingerprint density at radius 1 is 1.50 bits per heavy atom. The Hall–Kier alpha value is -1.22. The van der Waals surface area contributed by atoms with Gasteiger partial charge in [-0.15, -0.1) is 0 Å². The third-order valence-electron chi connectivity index (χ3n) is 1.68. The zero-order valence-corrected chi connectivity index (χ0v) is 7.37. The number of hydrogen-bond acceptors (Lipinski definition) is 2. The third-order valence-corrected chi connectivity index (χ3v) is 1.68. The molecule has 0 amide bonds. The van der Waals surface area contributed by atoms with Crippen LogP contribution in [0.4, 0.5) is 0 Å². The number of quaternary nitrogens is 1. The highest BCUT2D eigenvalue weighted by atomic mass is 16.5. The molecule has 3 heteroatoms. The standard InChI is InChI=1S/C9H13NO2/c1-10-6-7-3-4-8(11)9(5-7)12-2/h3-5,10-11H,6H2,1-2H3/p+1. The molecule has 0 fully saturated rings. The first-order valence-electron chi connectivity index (χ1n) is 3.91. The average Bonchev–Trinajstić information content (AvgIpc) is 2.09. The van der Waals surface area contributed by atoms with E-state index in [0.717, 1.165) is 12.1 Å². The number of benzene rings is 1. The lowest BCUT2D eigenvalue weighted by atomic mass is 10.2. The van der Waals surface area contributed by atoms with Crippen molar-refractivity contribution in [3.05, 3.63) is 23.8 Å². The van der Waals surface area contributed by atoms with Gasteiger partial charge >= 0.3 is 0 Å². The van der Waals surface area contributed by atoms with Crippen molar-refractivity contribution in [1.82, 2.24) is 0 Å². The largest absolute Gasteiger partial charge is 0.504 e. The van der Waals surface area contributed by atoms with Crippen molar-refractivity contribution in [1.29, 1.82) is 0 Å². The predicted octanol–water partition coefficient (Wildman–Crippen LogP) is 0.0940. The van der Waals surface area contributed by atoms with Gasteiger partial charge in [-0.05, 0) is 18.2 Å². The second-order valence-electron chi connectivity index (χ2n) is 2.62. The molecule has 0 saturated carbocycles. The third kappa shape index (κ3) is 1.89. The van der Waals surface area contributed by atoms with E-state index >= 15 is 0 Å². The molecule has 0 aliphatic carbocycles. The van der Waals surface area contributed by atoms with Crippen molar-refractivity contribution in [3.63, 3.8) is 0 Å². The van der Waals surface area contributed by atoms with Gasteiger partial charge in [-0.3, -0.25) is 0 Å². The highest BCUT2D eigenvalue weighted by Crippen LogP contribution is 2.25. The van der Waals surface area contributed by atoms with Gasteiger partial charge in [-0.1, -0.05) is 0 Å². The summed E-state index contributed by atoms with van der Waals surface area (Å²) in [6.45, 7) is 0.899. The molecule has 0 radical (unpaired) electrons. The van der Waals surface area contributed by atoms with Gasteiger partial charge < -0.3 is 15.2 Å². The summed E-state index contributed by atoms with van der Waals surface area (Å²) in [7, 11) is 3.55. The van der Waals surface area contributed by atoms with Crippen molar-refractivity contribution in [2.75, 3.05) is 14.2 Å². The molecule has 0 aliphatic rings. The molecule has 1 rings (SSSR count). The molecule has 0 atom stereocenters. The first kappa shape index (κ1) is 8.87. The molecule has 3 nitrogen and oxygen atoms in total. The van der Waals surface area contributed by atoms with Gasteiger partial charge in [0.2, 0.25) is 0 Å². The van der Waals surface area contributed by atoms with Gasteiger partial charge in [0, 0.05) is 5.56 Å². The van der Waals surface area contributed by atoms with E-state index in [-0.39, 0.29) is 5.75 Å². The Morgan fingerprint density at radius 3 is 2.83 bits per heavy atom. The first-order chi connectivity index (χ1) is 5.77. The van der Waals surface area contributed by atoms with Gasteiger partial charge in [-0.25, -0.2) is 0 Å². The van der Waals surface area contributed by atoms with Crippen molar-refractivity contribution in [2.24, 2.45) is 0 Å². The molecule has 0 aliphatic heterocycles. The maximum atomic E-state index is 9.27. The van der Waals surface area contributed by atoms with Crippen molar-refractivity contribution in [2.45, 2.75) is 6.54 Å². The topological polar surface area (TPSA) is 46.1 Å². The number of ether oxygens (including phenoxy) is 1. The van der Waals surface area contributed by atoms with Crippen molar-refractivity contribution >= 4 is 0 Å².